The Bertz CT molecular complexity index is 1100. The van der Waals surface area contributed by atoms with E-state index in [1.54, 1.807) is 17.9 Å². The first-order chi connectivity index (χ1) is 16.5. The van der Waals surface area contributed by atoms with Crippen molar-refractivity contribution in [1.29, 1.82) is 0 Å². The third-order valence-electron chi connectivity index (χ3n) is 5.87. The second-order valence-electron chi connectivity index (χ2n) is 9.11. The number of carbonyl (C=O) groups excluding carboxylic acids is 2. The summed E-state index contributed by atoms with van der Waals surface area (Å²) in [5.41, 5.74) is 3.57. The Hall–Kier alpha value is -2.87. The van der Waals surface area contributed by atoms with Crippen LogP contribution >= 0.6 is 0 Å². The van der Waals surface area contributed by atoms with Gasteiger partial charge in [0, 0.05) is 26.1 Å². The predicted molar refractivity (Wildman–Crippen MR) is 142 cm³/mol. The first-order valence-electron chi connectivity index (χ1n) is 12.2. The first-order valence-corrected chi connectivity index (χ1v) is 14.0. The normalized spacial score (nSPS) is 12.1. The molecule has 0 fully saturated rings. The molecule has 0 aliphatic rings. The minimum absolute atomic E-state index is 0.135. The maximum atomic E-state index is 13.3. The summed E-state index contributed by atoms with van der Waals surface area (Å²) in [5.74, 6) is -0.362. The Morgan fingerprint density at radius 1 is 1.00 bits per heavy atom. The molecule has 0 spiro atoms. The summed E-state index contributed by atoms with van der Waals surface area (Å²) in [5, 5.41) is 2.92. The minimum Gasteiger partial charge on any atom is -0.354 e. The Kier molecular flexibility index (Phi) is 10.8. The summed E-state index contributed by atoms with van der Waals surface area (Å²) in [6.07, 6.45) is 3.50. The number of hydrogen-bond acceptors (Lipinski definition) is 4. The van der Waals surface area contributed by atoms with Gasteiger partial charge >= 0.3 is 0 Å². The molecular weight excluding hydrogens is 462 g/mol. The largest absolute Gasteiger partial charge is 0.354 e. The van der Waals surface area contributed by atoms with Crippen LogP contribution in [0.15, 0.2) is 48.5 Å². The standard InChI is InChI=1S/C27H39N3O4S/c1-6-7-16-28-27(32)23(4)29(20-24-13-8-11-21(2)18-24)26(31)15-10-17-30(35(5,33)34)25-14-9-12-22(3)19-25/h8-9,11-14,18-19,23H,6-7,10,15-17,20H2,1-5H3,(H,28,32). The highest BCUT2D eigenvalue weighted by molar-refractivity contribution is 7.92. The molecule has 0 bridgehead atoms. The van der Waals surface area contributed by atoms with E-state index in [1.165, 1.54) is 10.6 Å². The first kappa shape index (κ1) is 28.4. The topological polar surface area (TPSA) is 86.8 Å². The summed E-state index contributed by atoms with van der Waals surface area (Å²) >= 11 is 0. The molecule has 2 aromatic carbocycles. The van der Waals surface area contributed by atoms with E-state index in [9.17, 15) is 18.0 Å². The maximum absolute atomic E-state index is 13.3. The van der Waals surface area contributed by atoms with Gasteiger partial charge in [0.25, 0.3) is 0 Å². The van der Waals surface area contributed by atoms with Crippen LogP contribution in [-0.4, -0.2) is 50.5 Å². The molecule has 1 N–H and O–H groups in total. The molecule has 7 nitrogen and oxygen atoms in total. The lowest BCUT2D eigenvalue weighted by Gasteiger charge is -2.29. The van der Waals surface area contributed by atoms with Crippen LogP contribution in [0, 0.1) is 13.8 Å². The molecule has 0 aliphatic heterocycles. The number of amides is 2. The number of hydrogen-bond donors (Lipinski definition) is 1. The molecule has 2 aromatic rings. The van der Waals surface area contributed by atoms with Gasteiger partial charge < -0.3 is 10.2 Å². The Morgan fingerprint density at radius 2 is 1.66 bits per heavy atom. The van der Waals surface area contributed by atoms with Crippen molar-refractivity contribution in [1.82, 2.24) is 10.2 Å². The van der Waals surface area contributed by atoms with Gasteiger partial charge in [0.05, 0.1) is 11.9 Å². The molecule has 2 amide bonds. The number of aryl methyl sites for hydroxylation is 2. The van der Waals surface area contributed by atoms with Crippen LogP contribution in [0.4, 0.5) is 5.69 Å². The number of carbonyl (C=O) groups is 2. The van der Waals surface area contributed by atoms with Crippen molar-refractivity contribution in [3.8, 4) is 0 Å². The number of nitrogens with zero attached hydrogens (tertiary/aromatic N) is 2. The van der Waals surface area contributed by atoms with Gasteiger partial charge in [-0.15, -0.1) is 0 Å². The van der Waals surface area contributed by atoms with Crippen molar-refractivity contribution in [3.05, 3.63) is 65.2 Å². The van der Waals surface area contributed by atoms with Crippen LogP contribution in [0.2, 0.25) is 0 Å². The van der Waals surface area contributed by atoms with E-state index < -0.39 is 16.1 Å². The molecule has 0 heterocycles. The van der Waals surface area contributed by atoms with Gasteiger partial charge in [0.15, 0.2) is 0 Å². The predicted octanol–water partition coefficient (Wildman–Crippen LogP) is 4.18. The average Bonchev–Trinajstić information content (AvgIpc) is 2.79. The van der Waals surface area contributed by atoms with Crippen molar-refractivity contribution in [2.24, 2.45) is 0 Å². The second kappa shape index (κ2) is 13.3. The molecule has 192 valence electrons. The highest BCUT2D eigenvalue weighted by atomic mass is 32.2. The zero-order chi connectivity index (χ0) is 26.0. The summed E-state index contributed by atoms with van der Waals surface area (Å²) in [4.78, 5) is 27.7. The fraction of sp³-hybridized carbons (Fsp3) is 0.481. The van der Waals surface area contributed by atoms with Gasteiger partial charge in [-0.25, -0.2) is 8.42 Å². The number of anilines is 1. The molecule has 35 heavy (non-hydrogen) atoms. The van der Waals surface area contributed by atoms with Crippen LogP contribution in [0.1, 0.15) is 56.2 Å². The van der Waals surface area contributed by atoms with Crippen molar-refractivity contribution in [3.63, 3.8) is 0 Å². The molecule has 1 atom stereocenters. The number of sulfonamides is 1. The van der Waals surface area contributed by atoms with Gasteiger partial charge in [-0.3, -0.25) is 13.9 Å². The molecule has 0 aliphatic carbocycles. The van der Waals surface area contributed by atoms with Crippen LogP contribution in [0.3, 0.4) is 0 Å². The Morgan fingerprint density at radius 3 is 2.26 bits per heavy atom. The molecule has 2 rings (SSSR count). The molecule has 0 saturated heterocycles. The quantitative estimate of drug-likeness (QED) is 0.417. The van der Waals surface area contributed by atoms with E-state index >= 15 is 0 Å². The third-order valence-corrected chi connectivity index (χ3v) is 7.07. The van der Waals surface area contributed by atoms with E-state index in [0.29, 0.717) is 25.2 Å². The SMILES string of the molecule is CCCCNC(=O)C(C)N(Cc1cccc(C)c1)C(=O)CCCN(c1cccc(C)c1)S(C)(=O)=O. The van der Waals surface area contributed by atoms with Crippen molar-refractivity contribution >= 4 is 27.5 Å². The molecule has 0 radical (unpaired) electrons. The number of unbranched alkanes of at least 4 members (excludes halogenated alkanes) is 1. The summed E-state index contributed by atoms with van der Waals surface area (Å²) in [6.45, 7) is 8.77. The fourth-order valence-electron chi connectivity index (χ4n) is 3.91. The van der Waals surface area contributed by atoms with E-state index in [-0.39, 0.29) is 24.8 Å². The van der Waals surface area contributed by atoms with E-state index in [4.69, 9.17) is 0 Å². The van der Waals surface area contributed by atoms with Gasteiger partial charge in [-0.05, 0) is 56.9 Å². The van der Waals surface area contributed by atoms with Crippen LogP contribution < -0.4 is 9.62 Å². The zero-order valence-electron chi connectivity index (χ0n) is 21.6. The van der Waals surface area contributed by atoms with Gasteiger partial charge in [0.1, 0.15) is 6.04 Å². The summed E-state index contributed by atoms with van der Waals surface area (Å²) < 4.78 is 26.2. The third kappa shape index (κ3) is 9.02. The summed E-state index contributed by atoms with van der Waals surface area (Å²) in [6, 6.07) is 14.5. The highest BCUT2D eigenvalue weighted by Crippen LogP contribution is 2.20. The zero-order valence-corrected chi connectivity index (χ0v) is 22.4. The smallest absolute Gasteiger partial charge is 0.242 e. The Labute approximate surface area is 210 Å². The molecule has 1 unspecified atom stereocenters. The number of rotatable bonds is 13. The number of benzene rings is 2. The van der Waals surface area contributed by atoms with Gasteiger partial charge in [-0.1, -0.05) is 55.3 Å². The second-order valence-corrected chi connectivity index (χ2v) is 11.0. The number of nitrogens with one attached hydrogen (secondary N) is 1. The maximum Gasteiger partial charge on any atom is 0.242 e. The van der Waals surface area contributed by atoms with Gasteiger partial charge in [0.2, 0.25) is 21.8 Å². The molecule has 0 aromatic heterocycles. The fourth-order valence-corrected chi connectivity index (χ4v) is 4.87. The molecule has 0 saturated carbocycles. The minimum atomic E-state index is -3.50. The van der Waals surface area contributed by atoms with Crippen molar-refractivity contribution in [2.75, 3.05) is 23.7 Å². The average molecular weight is 502 g/mol. The molecular formula is C27H39N3O4S. The van der Waals surface area contributed by atoms with Gasteiger partial charge in [-0.2, -0.15) is 0 Å². The lowest BCUT2D eigenvalue weighted by Crippen LogP contribution is -2.48. The van der Waals surface area contributed by atoms with Crippen LogP contribution in [-0.2, 0) is 26.2 Å². The lowest BCUT2D eigenvalue weighted by molar-refractivity contribution is -0.140. The van der Waals surface area contributed by atoms with E-state index in [2.05, 4.69) is 12.2 Å². The Balaban J connectivity index is 2.14. The monoisotopic (exact) mass is 501 g/mol. The van der Waals surface area contributed by atoms with Crippen molar-refractivity contribution < 1.29 is 18.0 Å². The van der Waals surface area contributed by atoms with E-state index in [1.807, 2.05) is 56.3 Å². The van der Waals surface area contributed by atoms with E-state index in [0.717, 1.165) is 29.5 Å². The lowest BCUT2D eigenvalue weighted by atomic mass is 10.1. The summed E-state index contributed by atoms with van der Waals surface area (Å²) in [7, 11) is -3.50. The van der Waals surface area contributed by atoms with Crippen LogP contribution in [0.25, 0.3) is 0 Å². The highest BCUT2D eigenvalue weighted by Gasteiger charge is 2.26. The molecule has 8 heteroatoms. The van der Waals surface area contributed by atoms with Crippen molar-refractivity contribution in [2.45, 2.75) is 66.0 Å². The van der Waals surface area contributed by atoms with Crippen LogP contribution in [0.5, 0.6) is 0 Å².